The largest absolute Gasteiger partial charge is 0.361 e. The van der Waals surface area contributed by atoms with Gasteiger partial charge < -0.3 is 25.0 Å². The summed E-state index contributed by atoms with van der Waals surface area (Å²) < 4.78 is 6.20. The van der Waals surface area contributed by atoms with Crippen LogP contribution in [0, 0.1) is 11.8 Å². The predicted molar refractivity (Wildman–Crippen MR) is 129 cm³/mol. The van der Waals surface area contributed by atoms with Crippen LogP contribution in [0.25, 0.3) is 10.9 Å². The fourth-order valence-electron chi connectivity index (χ4n) is 6.04. The first kappa shape index (κ1) is 23.8. The second-order valence-electron chi connectivity index (χ2n) is 10.6. The number of rotatable bonds is 6. The molecule has 35 heavy (non-hydrogen) atoms. The molecule has 3 aliphatic heterocycles. The third-order valence-corrected chi connectivity index (χ3v) is 7.83. The summed E-state index contributed by atoms with van der Waals surface area (Å²) >= 11 is 0. The van der Waals surface area contributed by atoms with Gasteiger partial charge in [-0.15, -0.1) is 0 Å². The van der Waals surface area contributed by atoms with Gasteiger partial charge in [0.25, 0.3) is 17.7 Å². The van der Waals surface area contributed by atoms with Crippen molar-refractivity contribution in [2.45, 2.75) is 70.6 Å². The van der Waals surface area contributed by atoms with E-state index in [0.29, 0.717) is 32.4 Å². The molecule has 3 aliphatic rings. The lowest BCUT2D eigenvalue weighted by Crippen LogP contribution is -2.72. The normalized spacial score (nSPS) is 30.5. The molecule has 0 spiro atoms. The van der Waals surface area contributed by atoms with E-state index in [2.05, 4.69) is 10.3 Å². The average molecular weight is 483 g/mol. The van der Waals surface area contributed by atoms with E-state index in [1.807, 2.05) is 44.3 Å². The van der Waals surface area contributed by atoms with E-state index in [9.17, 15) is 19.5 Å². The number of hydrogen-bond acceptors (Lipinski definition) is 5. The number of hydrogen-bond donors (Lipinski definition) is 3. The van der Waals surface area contributed by atoms with Crippen LogP contribution in [0.5, 0.6) is 0 Å². The predicted octanol–water partition coefficient (Wildman–Crippen LogP) is 1.76. The van der Waals surface area contributed by atoms with Crippen molar-refractivity contribution in [3.63, 3.8) is 0 Å². The monoisotopic (exact) mass is 482 g/mol. The van der Waals surface area contributed by atoms with E-state index < -0.39 is 41.3 Å². The van der Waals surface area contributed by atoms with E-state index in [4.69, 9.17) is 4.74 Å². The molecule has 9 heteroatoms. The van der Waals surface area contributed by atoms with Gasteiger partial charge in [-0.1, -0.05) is 45.9 Å². The zero-order valence-corrected chi connectivity index (χ0v) is 20.7. The fraction of sp³-hybridized carbons (Fsp3) is 0.577. The molecule has 0 aliphatic carbocycles. The van der Waals surface area contributed by atoms with Crippen LogP contribution < -0.4 is 5.32 Å². The number of fused-ring (bicyclic) bond motifs is 4. The first-order chi connectivity index (χ1) is 16.6. The Morgan fingerprint density at radius 2 is 2.00 bits per heavy atom. The molecule has 3 fully saturated rings. The van der Waals surface area contributed by atoms with Crippen LogP contribution in [0.1, 0.15) is 46.1 Å². The molecule has 4 heterocycles. The first-order valence-electron chi connectivity index (χ1n) is 12.5. The zero-order valence-electron chi connectivity index (χ0n) is 20.7. The lowest BCUT2D eigenvalue weighted by Gasteiger charge is -2.50. The summed E-state index contributed by atoms with van der Waals surface area (Å²) in [5.41, 5.74) is 0.161. The Morgan fingerprint density at radius 3 is 2.71 bits per heavy atom. The van der Waals surface area contributed by atoms with E-state index in [1.54, 1.807) is 18.7 Å². The number of aromatic amines is 1. The Kier molecular flexibility index (Phi) is 5.68. The minimum atomic E-state index is -2.03. The van der Waals surface area contributed by atoms with E-state index in [1.165, 1.54) is 4.90 Å². The SMILES string of the molecule is CC(C)[C@H]1C(=O)N2CCCC2[C@]2(O)O[C@@](C(=O)NCCc3c[nH]c4ccccc34)(C(C)C)C(=O)N12. The molecule has 2 aromatic rings. The van der Waals surface area contributed by atoms with Gasteiger partial charge in [0.1, 0.15) is 12.1 Å². The standard InChI is InChI=1S/C26H34N4O5/c1-15(2)21-22(31)29-13-7-10-20(29)26(34)30(21)24(33)25(35-26,16(3)4)23(32)27-12-11-17-14-28-19-9-6-5-8-18(17)19/h5-6,8-9,14-16,20-21,28,34H,7,10-13H2,1-4H3,(H,27,32)/t20?,21-,25+,26-/m0/s1. The molecule has 3 saturated heterocycles. The number of piperazine rings is 1. The van der Waals surface area contributed by atoms with Gasteiger partial charge in [-0.3, -0.25) is 19.3 Å². The minimum absolute atomic E-state index is 0.191. The highest BCUT2D eigenvalue weighted by atomic mass is 16.7. The maximum absolute atomic E-state index is 14.0. The molecule has 3 amide bonds. The number of carbonyl (C=O) groups excluding carboxylic acids is 3. The quantitative estimate of drug-likeness (QED) is 0.543. The molecule has 1 aromatic heterocycles. The number of nitrogens with zero attached hydrogens (tertiary/aromatic N) is 2. The fourth-order valence-corrected chi connectivity index (χ4v) is 6.04. The molecule has 5 rings (SSSR count). The van der Waals surface area contributed by atoms with Crippen molar-refractivity contribution >= 4 is 28.6 Å². The third kappa shape index (κ3) is 3.31. The number of nitrogens with one attached hydrogen (secondary N) is 2. The maximum atomic E-state index is 14.0. The van der Waals surface area contributed by atoms with Crippen molar-refractivity contribution in [2.75, 3.05) is 13.1 Å². The highest BCUT2D eigenvalue weighted by molar-refractivity contribution is 6.11. The second-order valence-corrected chi connectivity index (χ2v) is 10.6. The lowest BCUT2D eigenvalue weighted by atomic mass is 9.87. The molecule has 0 radical (unpaired) electrons. The smallest absolute Gasteiger partial charge is 0.275 e. The summed E-state index contributed by atoms with van der Waals surface area (Å²) in [6.45, 7) is 7.94. The van der Waals surface area contributed by atoms with Gasteiger partial charge in [-0.05, 0) is 36.8 Å². The molecular weight excluding hydrogens is 448 g/mol. The number of amides is 3. The third-order valence-electron chi connectivity index (χ3n) is 7.83. The Hall–Kier alpha value is -2.91. The molecule has 4 atom stereocenters. The number of para-hydroxylation sites is 1. The van der Waals surface area contributed by atoms with Crippen LogP contribution in [0.2, 0.25) is 0 Å². The number of benzene rings is 1. The zero-order chi connectivity index (χ0) is 25.1. The number of ether oxygens (including phenoxy) is 1. The van der Waals surface area contributed by atoms with Gasteiger partial charge in [0.05, 0.1) is 0 Å². The van der Waals surface area contributed by atoms with Crippen molar-refractivity contribution in [3.8, 4) is 0 Å². The maximum Gasteiger partial charge on any atom is 0.275 e. The molecule has 0 saturated carbocycles. The number of H-pyrrole nitrogens is 1. The number of carbonyl (C=O) groups is 3. The highest BCUT2D eigenvalue weighted by Gasteiger charge is 2.73. The van der Waals surface area contributed by atoms with Crippen LogP contribution in [0.4, 0.5) is 0 Å². The lowest BCUT2D eigenvalue weighted by molar-refractivity contribution is -0.316. The molecule has 1 aromatic carbocycles. The molecular formula is C26H34N4O5. The Morgan fingerprint density at radius 1 is 1.26 bits per heavy atom. The van der Waals surface area contributed by atoms with Crippen LogP contribution >= 0.6 is 0 Å². The van der Waals surface area contributed by atoms with Crippen molar-refractivity contribution in [2.24, 2.45) is 11.8 Å². The van der Waals surface area contributed by atoms with Crippen molar-refractivity contribution in [3.05, 3.63) is 36.0 Å². The molecule has 188 valence electrons. The van der Waals surface area contributed by atoms with Gasteiger partial charge in [0, 0.05) is 36.1 Å². The molecule has 9 nitrogen and oxygen atoms in total. The highest BCUT2D eigenvalue weighted by Crippen LogP contribution is 2.49. The van der Waals surface area contributed by atoms with Gasteiger partial charge in [-0.2, -0.15) is 0 Å². The van der Waals surface area contributed by atoms with E-state index in [0.717, 1.165) is 16.5 Å². The topological polar surface area (TPSA) is 115 Å². The van der Waals surface area contributed by atoms with Crippen LogP contribution in [0.3, 0.4) is 0 Å². The van der Waals surface area contributed by atoms with Crippen molar-refractivity contribution in [1.82, 2.24) is 20.1 Å². The van der Waals surface area contributed by atoms with Crippen LogP contribution in [-0.4, -0.2) is 74.3 Å². The van der Waals surface area contributed by atoms with Crippen molar-refractivity contribution < 1.29 is 24.2 Å². The summed E-state index contributed by atoms with van der Waals surface area (Å²) in [5, 5.41) is 15.8. The van der Waals surface area contributed by atoms with Crippen molar-refractivity contribution in [1.29, 1.82) is 0 Å². The van der Waals surface area contributed by atoms with Crippen LogP contribution in [0.15, 0.2) is 30.5 Å². The number of aromatic nitrogens is 1. The van der Waals surface area contributed by atoms with Gasteiger partial charge in [0.2, 0.25) is 11.5 Å². The molecule has 1 unspecified atom stereocenters. The van der Waals surface area contributed by atoms with E-state index in [-0.39, 0.29) is 11.8 Å². The summed E-state index contributed by atoms with van der Waals surface area (Å²) in [6, 6.07) is 6.36. The number of aliphatic hydroxyl groups is 1. The Labute approximate surface area is 204 Å². The average Bonchev–Trinajstić information content (AvgIpc) is 3.52. The van der Waals surface area contributed by atoms with Gasteiger partial charge >= 0.3 is 0 Å². The molecule has 0 bridgehead atoms. The van der Waals surface area contributed by atoms with Gasteiger partial charge in [-0.25, -0.2) is 0 Å². The Bertz CT molecular complexity index is 1180. The summed E-state index contributed by atoms with van der Waals surface area (Å²) in [6.07, 6.45) is 3.70. The minimum Gasteiger partial charge on any atom is -0.361 e. The van der Waals surface area contributed by atoms with Crippen LogP contribution in [-0.2, 0) is 25.5 Å². The molecule has 3 N–H and O–H groups in total. The second kappa shape index (κ2) is 8.34. The van der Waals surface area contributed by atoms with Gasteiger partial charge in [0.15, 0.2) is 0 Å². The first-order valence-corrected chi connectivity index (χ1v) is 12.5. The summed E-state index contributed by atoms with van der Waals surface area (Å²) in [5.74, 6) is -4.26. The Balaban J connectivity index is 1.43. The summed E-state index contributed by atoms with van der Waals surface area (Å²) in [4.78, 5) is 46.9. The van der Waals surface area contributed by atoms with E-state index >= 15 is 0 Å². The summed E-state index contributed by atoms with van der Waals surface area (Å²) in [7, 11) is 0.